The Balaban J connectivity index is 2.64. The highest BCUT2D eigenvalue weighted by molar-refractivity contribution is 5.92. The van der Waals surface area contributed by atoms with Gasteiger partial charge in [0, 0.05) is 20.1 Å². The van der Waals surface area contributed by atoms with E-state index in [1.807, 2.05) is 0 Å². The van der Waals surface area contributed by atoms with E-state index in [9.17, 15) is 14.4 Å². The molecule has 24 heavy (non-hydrogen) atoms. The third-order valence-electron chi connectivity index (χ3n) is 3.88. The summed E-state index contributed by atoms with van der Waals surface area (Å²) in [5, 5.41) is 5.23. The molecule has 0 spiro atoms. The van der Waals surface area contributed by atoms with Crippen molar-refractivity contribution in [1.82, 2.24) is 15.5 Å². The number of nitrogens with one attached hydrogen (secondary N) is 2. The lowest BCUT2D eigenvalue weighted by Crippen LogP contribution is -2.53. The summed E-state index contributed by atoms with van der Waals surface area (Å²) < 4.78 is 0. The van der Waals surface area contributed by atoms with E-state index < -0.39 is 12.1 Å². The first-order chi connectivity index (χ1) is 11.4. The van der Waals surface area contributed by atoms with Gasteiger partial charge in [0.1, 0.15) is 12.1 Å². The smallest absolute Gasteiger partial charge is 0.243 e. The number of rotatable bonds is 8. The van der Waals surface area contributed by atoms with Crippen LogP contribution in [0.15, 0.2) is 4.99 Å². The number of carbonyl (C=O) groups is 3. The van der Waals surface area contributed by atoms with Crippen molar-refractivity contribution >= 4 is 23.7 Å². The third-order valence-corrected chi connectivity index (χ3v) is 3.88. The molecule has 1 aliphatic heterocycles. The Morgan fingerprint density at radius 1 is 1.33 bits per heavy atom. The van der Waals surface area contributed by atoms with Crippen LogP contribution in [0.1, 0.15) is 25.7 Å². The van der Waals surface area contributed by atoms with Gasteiger partial charge in [-0.1, -0.05) is 0 Å². The summed E-state index contributed by atoms with van der Waals surface area (Å²) in [4.78, 5) is 41.5. The Morgan fingerprint density at radius 3 is 2.62 bits per heavy atom. The standard InChI is InChI=1S/C14H27N7O3/c1-18-12(23)9(4-2-6-19-14(16)17)20-13(24)10-5-3-7-21(10)11(22)8-15/h9-10H,2-8,15H2,1H3,(H,18,23)(H,20,24)(H4,16,17,19)/t9-,10-/m0/s1. The first-order valence-corrected chi connectivity index (χ1v) is 7.97. The van der Waals surface area contributed by atoms with Gasteiger partial charge in [-0.05, 0) is 25.7 Å². The van der Waals surface area contributed by atoms with Crippen LogP contribution in [0.3, 0.4) is 0 Å². The molecule has 0 unspecified atom stereocenters. The molecule has 2 atom stereocenters. The average molecular weight is 341 g/mol. The predicted octanol–water partition coefficient (Wildman–Crippen LogP) is -2.78. The van der Waals surface area contributed by atoms with E-state index >= 15 is 0 Å². The lowest BCUT2D eigenvalue weighted by atomic mass is 10.1. The van der Waals surface area contributed by atoms with Crippen LogP contribution in [-0.2, 0) is 14.4 Å². The molecule has 0 aromatic carbocycles. The first kappa shape index (κ1) is 19.7. The number of hydrogen-bond acceptors (Lipinski definition) is 5. The van der Waals surface area contributed by atoms with Gasteiger partial charge in [-0.25, -0.2) is 0 Å². The van der Waals surface area contributed by atoms with Crippen LogP contribution < -0.4 is 27.8 Å². The number of amides is 3. The monoisotopic (exact) mass is 341 g/mol. The van der Waals surface area contributed by atoms with Gasteiger partial charge >= 0.3 is 0 Å². The van der Waals surface area contributed by atoms with Crippen LogP contribution in [0.4, 0.5) is 0 Å². The molecule has 1 heterocycles. The van der Waals surface area contributed by atoms with Crippen LogP contribution in [-0.4, -0.2) is 67.3 Å². The third kappa shape index (κ3) is 5.69. The van der Waals surface area contributed by atoms with E-state index in [0.29, 0.717) is 32.4 Å². The molecule has 0 aliphatic carbocycles. The molecule has 10 nitrogen and oxygen atoms in total. The van der Waals surface area contributed by atoms with Crippen LogP contribution in [0.2, 0.25) is 0 Å². The molecule has 10 heteroatoms. The van der Waals surface area contributed by atoms with Crippen molar-refractivity contribution < 1.29 is 14.4 Å². The lowest BCUT2D eigenvalue weighted by Gasteiger charge is -2.25. The van der Waals surface area contributed by atoms with Gasteiger partial charge < -0.3 is 32.7 Å². The maximum absolute atomic E-state index is 12.5. The van der Waals surface area contributed by atoms with Gasteiger partial charge in [-0.15, -0.1) is 0 Å². The molecule has 3 amide bonds. The minimum absolute atomic E-state index is 0.0163. The normalized spacial score (nSPS) is 17.9. The number of likely N-dealkylation sites (N-methyl/N-ethyl adjacent to an activating group) is 1. The number of hydrogen-bond donors (Lipinski definition) is 5. The zero-order valence-corrected chi connectivity index (χ0v) is 14.0. The van der Waals surface area contributed by atoms with Gasteiger partial charge in [0.15, 0.2) is 5.96 Å². The molecule has 0 bridgehead atoms. The molecule has 1 aliphatic rings. The number of aliphatic imine (C=N–C) groups is 1. The summed E-state index contributed by atoms with van der Waals surface area (Å²) in [6, 6.07) is -1.28. The van der Waals surface area contributed by atoms with Crippen molar-refractivity contribution in [2.45, 2.75) is 37.8 Å². The van der Waals surface area contributed by atoms with Crippen molar-refractivity contribution in [2.75, 3.05) is 26.7 Å². The Labute approximate surface area is 141 Å². The van der Waals surface area contributed by atoms with E-state index in [4.69, 9.17) is 17.2 Å². The fourth-order valence-electron chi connectivity index (χ4n) is 2.67. The zero-order valence-electron chi connectivity index (χ0n) is 14.0. The minimum Gasteiger partial charge on any atom is -0.370 e. The van der Waals surface area contributed by atoms with Crippen molar-refractivity contribution in [1.29, 1.82) is 0 Å². The second kappa shape index (κ2) is 9.71. The van der Waals surface area contributed by atoms with Gasteiger partial charge in [-0.3, -0.25) is 19.4 Å². The highest BCUT2D eigenvalue weighted by Crippen LogP contribution is 2.17. The first-order valence-electron chi connectivity index (χ1n) is 7.97. The van der Waals surface area contributed by atoms with Crippen molar-refractivity contribution in [2.24, 2.45) is 22.2 Å². The summed E-state index contributed by atoms with van der Waals surface area (Å²) in [6.45, 7) is 0.733. The number of guanidine groups is 1. The van der Waals surface area contributed by atoms with Crippen molar-refractivity contribution in [3.05, 3.63) is 0 Å². The summed E-state index contributed by atoms with van der Waals surface area (Å²) in [6.07, 6.45) is 2.22. The Bertz CT molecular complexity index is 491. The maximum atomic E-state index is 12.5. The SMILES string of the molecule is CNC(=O)[C@H](CCCN=C(N)N)NC(=O)[C@@H]1CCCN1C(=O)CN. The second-order valence-electron chi connectivity index (χ2n) is 5.57. The highest BCUT2D eigenvalue weighted by Gasteiger charge is 2.35. The molecular weight excluding hydrogens is 314 g/mol. The van der Waals surface area contributed by atoms with Gasteiger partial charge in [0.05, 0.1) is 6.54 Å². The minimum atomic E-state index is -0.702. The molecule has 1 rings (SSSR count). The molecule has 1 fully saturated rings. The van der Waals surface area contributed by atoms with E-state index in [-0.39, 0.29) is 30.2 Å². The summed E-state index contributed by atoms with van der Waals surface area (Å²) >= 11 is 0. The average Bonchev–Trinajstić information content (AvgIpc) is 3.05. The van der Waals surface area contributed by atoms with Crippen LogP contribution >= 0.6 is 0 Å². The second-order valence-corrected chi connectivity index (χ2v) is 5.57. The van der Waals surface area contributed by atoms with E-state index in [1.165, 1.54) is 11.9 Å². The Kier molecular flexibility index (Phi) is 7.96. The lowest BCUT2D eigenvalue weighted by molar-refractivity contribution is -0.138. The van der Waals surface area contributed by atoms with Crippen LogP contribution in [0.5, 0.6) is 0 Å². The molecule has 8 N–H and O–H groups in total. The van der Waals surface area contributed by atoms with E-state index in [0.717, 1.165) is 6.42 Å². The molecule has 0 radical (unpaired) electrons. The van der Waals surface area contributed by atoms with Crippen molar-refractivity contribution in [3.8, 4) is 0 Å². The molecule has 1 saturated heterocycles. The largest absolute Gasteiger partial charge is 0.370 e. The topological polar surface area (TPSA) is 169 Å². The number of likely N-dealkylation sites (tertiary alicyclic amines) is 1. The van der Waals surface area contributed by atoms with E-state index in [2.05, 4.69) is 15.6 Å². The summed E-state index contributed by atoms with van der Waals surface area (Å²) in [7, 11) is 1.50. The number of carbonyl (C=O) groups excluding carboxylic acids is 3. The summed E-state index contributed by atoms with van der Waals surface area (Å²) in [5.74, 6) is -0.929. The summed E-state index contributed by atoms with van der Waals surface area (Å²) in [5.41, 5.74) is 15.9. The van der Waals surface area contributed by atoms with Gasteiger partial charge in [0.2, 0.25) is 17.7 Å². The maximum Gasteiger partial charge on any atom is 0.243 e. The van der Waals surface area contributed by atoms with Crippen LogP contribution in [0.25, 0.3) is 0 Å². The van der Waals surface area contributed by atoms with Crippen molar-refractivity contribution in [3.63, 3.8) is 0 Å². The van der Waals surface area contributed by atoms with Crippen LogP contribution in [0, 0.1) is 0 Å². The van der Waals surface area contributed by atoms with Gasteiger partial charge in [-0.2, -0.15) is 0 Å². The molecule has 0 aromatic rings. The highest BCUT2D eigenvalue weighted by atomic mass is 16.2. The molecule has 0 saturated carbocycles. The Hall–Kier alpha value is -2.36. The van der Waals surface area contributed by atoms with E-state index in [1.54, 1.807) is 0 Å². The molecular formula is C14H27N7O3. The fraction of sp³-hybridized carbons (Fsp3) is 0.714. The number of nitrogens with zero attached hydrogens (tertiary/aromatic N) is 2. The van der Waals surface area contributed by atoms with Gasteiger partial charge in [0.25, 0.3) is 0 Å². The number of nitrogens with two attached hydrogens (primary N) is 3. The molecule has 136 valence electrons. The fourth-order valence-corrected chi connectivity index (χ4v) is 2.67. The zero-order chi connectivity index (χ0) is 18.1. The molecule has 0 aromatic heterocycles. The quantitative estimate of drug-likeness (QED) is 0.182. The predicted molar refractivity (Wildman–Crippen MR) is 89.7 cm³/mol. The Morgan fingerprint density at radius 2 is 2.04 bits per heavy atom.